The Kier molecular flexibility index (Phi) is 17.7. The molecule has 0 fully saturated rings. The molecule has 17 heteroatoms. The molecule has 4 rings (SSSR count). The predicted molar refractivity (Wildman–Crippen MR) is 220 cm³/mol. The van der Waals surface area contributed by atoms with Gasteiger partial charge in [0.1, 0.15) is 34.6 Å². The Labute approximate surface area is 338 Å². The number of hydrogen-bond acceptors (Lipinski definition) is 11. The number of carbonyl (C=O) groups is 1. The average Bonchev–Trinajstić information content (AvgIpc) is 3.18. The zero-order valence-electron chi connectivity index (χ0n) is 32.5. The van der Waals surface area contributed by atoms with Gasteiger partial charge in [0.2, 0.25) is 21.3 Å². The van der Waals surface area contributed by atoms with Crippen LogP contribution in [0.3, 0.4) is 0 Å². The maximum atomic E-state index is 13.3. The van der Waals surface area contributed by atoms with Crippen LogP contribution in [-0.4, -0.2) is 112 Å². The Bertz CT molecular complexity index is 2170. The number of ether oxygens (including phenoxy) is 3. The van der Waals surface area contributed by atoms with Crippen molar-refractivity contribution in [3.05, 3.63) is 60.0 Å². The van der Waals surface area contributed by atoms with E-state index in [4.69, 9.17) is 18.6 Å². The summed E-state index contributed by atoms with van der Waals surface area (Å²) >= 11 is 3.09. The summed E-state index contributed by atoms with van der Waals surface area (Å²) in [5.41, 5.74) is 2.51. The van der Waals surface area contributed by atoms with Gasteiger partial charge in [-0.25, -0.2) is 26.1 Å². The fourth-order valence-corrected chi connectivity index (χ4v) is 8.35. The highest BCUT2D eigenvalue weighted by molar-refractivity contribution is 9.09. The van der Waals surface area contributed by atoms with Crippen molar-refractivity contribution in [2.24, 2.45) is 0 Å². The van der Waals surface area contributed by atoms with E-state index in [0.29, 0.717) is 80.3 Å². The molecule has 0 atom stereocenters. The second-order valence-corrected chi connectivity index (χ2v) is 16.4. The van der Waals surface area contributed by atoms with Crippen LogP contribution in [0.25, 0.3) is 33.4 Å². The first-order chi connectivity index (χ1) is 26.9. The van der Waals surface area contributed by atoms with Crippen LogP contribution in [0.1, 0.15) is 40.5 Å². The maximum Gasteiger partial charge on any atom is 0.240 e. The smallest absolute Gasteiger partial charge is 0.240 e. The summed E-state index contributed by atoms with van der Waals surface area (Å²) in [7, 11) is -9.35. The normalized spacial score (nSPS) is 12.0. The number of fused-ring (bicyclic) bond motifs is 2. The maximum absolute atomic E-state index is 13.3. The SMILES string of the molecule is CCN(CC)c1ccc2c(-c3ccc(S(=O)(=O)NCCCOCCOCCOCCCNC(=O)CBr)cc3S(=O)(=O)[O-])c3ccc(=[N+](CC)CC)cc-3oc2c1. The number of rotatable bonds is 24. The molecule has 1 amide bonds. The minimum Gasteiger partial charge on any atom is -0.744 e. The molecule has 308 valence electrons. The Morgan fingerprint density at radius 1 is 0.804 bits per heavy atom. The van der Waals surface area contributed by atoms with Crippen molar-refractivity contribution in [3.63, 3.8) is 0 Å². The zero-order chi connectivity index (χ0) is 40.7. The van der Waals surface area contributed by atoms with Gasteiger partial charge < -0.3 is 33.4 Å². The van der Waals surface area contributed by atoms with Crippen molar-refractivity contribution in [3.8, 4) is 22.5 Å². The number of halogens is 1. The van der Waals surface area contributed by atoms with E-state index in [9.17, 15) is 26.2 Å². The van der Waals surface area contributed by atoms with E-state index in [1.165, 1.54) is 12.1 Å². The van der Waals surface area contributed by atoms with Gasteiger partial charge in [-0.05, 0) is 70.9 Å². The summed E-state index contributed by atoms with van der Waals surface area (Å²) in [4.78, 5) is 12.3. The molecule has 0 saturated carbocycles. The summed E-state index contributed by atoms with van der Waals surface area (Å²) in [6.45, 7) is 14.0. The minimum atomic E-state index is -5.16. The Morgan fingerprint density at radius 3 is 2.04 bits per heavy atom. The van der Waals surface area contributed by atoms with E-state index in [-0.39, 0.29) is 34.8 Å². The largest absolute Gasteiger partial charge is 0.744 e. The lowest BCUT2D eigenvalue weighted by Gasteiger charge is -2.23. The molecule has 0 radical (unpaired) electrons. The van der Waals surface area contributed by atoms with Crippen LogP contribution in [0.5, 0.6) is 0 Å². The molecule has 0 unspecified atom stereocenters. The first kappa shape index (κ1) is 45.3. The molecule has 2 aromatic rings. The second-order valence-electron chi connectivity index (χ2n) is 12.7. The molecule has 2 N–H and O–H groups in total. The van der Waals surface area contributed by atoms with Crippen molar-refractivity contribution in [1.82, 2.24) is 14.6 Å². The number of carbonyl (C=O) groups excluding carboxylic acids is 1. The van der Waals surface area contributed by atoms with E-state index < -0.39 is 25.0 Å². The van der Waals surface area contributed by atoms with Gasteiger partial charge in [-0.3, -0.25) is 4.79 Å². The molecule has 56 heavy (non-hydrogen) atoms. The molecular formula is C39H53BrN4O10S2. The number of nitrogens with zero attached hydrogens (tertiary/aromatic N) is 2. The monoisotopic (exact) mass is 880 g/mol. The minimum absolute atomic E-state index is 0.0214. The third-order valence-corrected chi connectivity index (χ3v) is 12.0. The summed E-state index contributed by atoms with van der Waals surface area (Å²) < 4.78 is 92.9. The molecule has 1 aliphatic heterocycles. The number of nitrogens with one attached hydrogen (secondary N) is 2. The lowest BCUT2D eigenvalue weighted by atomic mass is 9.93. The van der Waals surface area contributed by atoms with Crippen molar-refractivity contribution in [2.45, 2.75) is 50.3 Å². The summed E-state index contributed by atoms with van der Waals surface area (Å²) in [6.07, 6.45) is 1.04. The molecule has 2 aliphatic rings. The van der Waals surface area contributed by atoms with E-state index in [2.05, 4.69) is 63.1 Å². The summed E-state index contributed by atoms with van der Waals surface area (Å²) in [6, 6.07) is 14.9. The van der Waals surface area contributed by atoms with E-state index in [0.717, 1.165) is 43.3 Å². The lowest BCUT2D eigenvalue weighted by molar-refractivity contribution is -0.118. The first-order valence-corrected chi connectivity index (χ1v) is 22.9. The van der Waals surface area contributed by atoms with Gasteiger partial charge in [0.15, 0.2) is 0 Å². The van der Waals surface area contributed by atoms with Gasteiger partial charge in [-0.2, -0.15) is 0 Å². The Morgan fingerprint density at radius 2 is 1.43 bits per heavy atom. The highest BCUT2D eigenvalue weighted by Gasteiger charge is 2.25. The summed E-state index contributed by atoms with van der Waals surface area (Å²) in [5.74, 6) is 0.422. The van der Waals surface area contributed by atoms with Crippen molar-refractivity contribution in [2.75, 3.05) is 89.1 Å². The molecule has 0 bridgehead atoms. The van der Waals surface area contributed by atoms with E-state index in [1.54, 1.807) is 0 Å². The molecule has 1 heterocycles. The van der Waals surface area contributed by atoms with Crippen LogP contribution >= 0.6 is 15.9 Å². The Hall–Kier alpha value is -3.42. The number of amides is 1. The fraction of sp³-hybridized carbons (Fsp3) is 0.487. The van der Waals surface area contributed by atoms with Gasteiger partial charge in [-0.1, -0.05) is 22.0 Å². The molecule has 0 saturated heterocycles. The van der Waals surface area contributed by atoms with Crippen LogP contribution in [0, 0.1) is 0 Å². The quantitative estimate of drug-likeness (QED) is 0.0336. The van der Waals surface area contributed by atoms with Crippen molar-refractivity contribution >= 4 is 58.6 Å². The molecule has 0 aromatic heterocycles. The third-order valence-electron chi connectivity index (χ3n) is 9.16. The molecule has 14 nitrogen and oxygen atoms in total. The standard InChI is InChI=1S/C39H53BrN4O10S2/c1-5-43(6-2)29-11-14-32-35(25-29)54-36-26-30(44(7-3)8-4)12-15-33(36)39(32)34-16-13-31(27-37(34)56(48,49)50)55(46,47)42-18-10-20-52-22-24-53-23-21-51-19-9-17-41-38(45)28-40/h11-16,25-27,42H,5-10,17-24,28H2,1-4H3,(H-,41,45,48,49,50). The fourth-order valence-electron chi connectivity index (χ4n) is 6.27. The van der Waals surface area contributed by atoms with Crippen molar-refractivity contribution < 1.29 is 44.8 Å². The number of alkyl halides is 1. The third kappa shape index (κ3) is 12.3. The molecule has 1 aliphatic carbocycles. The van der Waals surface area contributed by atoms with Crippen molar-refractivity contribution in [1.29, 1.82) is 0 Å². The topological polar surface area (TPSA) is 180 Å². The van der Waals surface area contributed by atoms with E-state index in [1.807, 2.05) is 36.4 Å². The molecular weight excluding hydrogens is 828 g/mol. The zero-order valence-corrected chi connectivity index (χ0v) is 35.7. The molecule has 0 spiro atoms. The van der Waals surface area contributed by atoms with Gasteiger partial charge >= 0.3 is 0 Å². The Balaban J connectivity index is 1.48. The molecule has 2 aromatic carbocycles. The number of hydrogen-bond donors (Lipinski definition) is 2. The lowest BCUT2D eigenvalue weighted by Crippen LogP contribution is -2.29. The first-order valence-electron chi connectivity index (χ1n) is 18.9. The van der Waals surface area contributed by atoms with Crippen LogP contribution in [-0.2, 0) is 39.1 Å². The second kappa shape index (κ2) is 21.9. The average molecular weight is 882 g/mol. The van der Waals surface area contributed by atoms with Gasteiger partial charge in [0.25, 0.3) is 0 Å². The van der Waals surface area contributed by atoms with Crippen LogP contribution in [0.4, 0.5) is 5.69 Å². The predicted octanol–water partition coefficient (Wildman–Crippen LogP) is 4.39. The summed E-state index contributed by atoms with van der Waals surface area (Å²) in [5, 5.41) is 4.50. The van der Waals surface area contributed by atoms with E-state index >= 15 is 0 Å². The number of sulfonamides is 1. The number of benzene rings is 3. The van der Waals surface area contributed by atoms with Crippen LogP contribution in [0.15, 0.2) is 68.8 Å². The van der Waals surface area contributed by atoms with Crippen LogP contribution < -0.4 is 24.9 Å². The van der Waals surface area contributed by atoms with Gasteiger partial charge in [0.05, 0.1) is 47.6 Å². The van der Waals surface area contributed by atoms with Crippen LogP contribution in [0.2, 0.25) is 0 Å². The highest BCUT2D eigenvalue weighted by Crippen LogP contribution is 2.43. The highest BCUT2D eigenvalue weighted by atomic mass is 79.9. The van der Waals surface area contributed by atoms with Gasteiger partial charge in [0, 0.05) is 79.3 Å². The van der Waals surface area contributed by atoms with Gasteiger partial charge in [-0.15, -0.1) is 0 Å². The number of anilines is 1.